The molecule has 1 heterocycles. The van der Waals surface area contributed by atoms with Crippen LogP contribution in [0.5, 0.6) is 17.2 Å². The third-order valence-electron chi connectivity index (χ3n) is 6.05. The summed E-state index contributed by atoms with van der Waals surface area (Å²) in [6.07, 6.45) is 0.00413. The normalized spacial score (nSPS) is 25.3. The van der Waals surface area contributed by atoms with Crippen LogP contribution in [-0.4, -0.2) is 54.9 Å². The topological polar surface area (TPSA) is 68.2 Å². The fourth-order valence-electron chi connectivity index (χ4n) is 4.57. The summed E-state index contributed by atoms with van der Waals surface area (Å²) in [5.41, 5.74) is 0.115. The molecule has 1 saturated carbocycles. The van der Waals surface area contributed by atoms with E-state index in [0.29, 0.717) is 37.4 Å². The number of hydrogen-bond donors (Lipinski definition) is 1. The first-order valence-corrected chi connectivity index (χ1v) is 10.3. The van der Waals surface area contributed by atoms with Crippen molar-refractivity contribution in [2.45, 2.75) is 31.7 Å². The van der Waals surface area contributed by atoms with Crippen LogP contribution in [0.4, 0.5) is 8.78 Å². The van der Waals surface area contributed by atoms with E-state index in [9.17, 15) is 18.7 Å². The molecule has 166 valence electrons. The van der Waals surface area contributed by atoms with Crippen LogP contribution in [0, 0.1) is 11.8 Å². The Morgan fingerprint density at radius 3 is 2.29 bits per heavy atom. The Labute approximate surface area is 179 Å². The molecular formula is C23H25F2NO5. The Morgan fingerprint density at radius 2 is 1.61 bits per heavy atom. The van der Waals surface area contributed by atoms with Gasteiger partial charge in [0.25, 0.3) is 5.91 Å². The number of alkyl halides is 2. The summed E-state index contributed by atoms with van der Waals surface area (Å²) in [5.74, 6) is 0.958. The molecule has 4 rings (SSSR count). The molecule has 31 heavy (non-hydrogen) atoms. The summed E-state index contributed by atoms with van der Waals surface area (Å²) in [7, 11) is 1.56. The lowest BCUT2D eigenvalue weighted by atomic mass is 9.78. The predicted molar refractivity (Wildman–Crippen MR) is 109 cm³/mol. The number of aliphatic hydroxyl groups excluding tert-OH is 1. The minimum Gasteiger partial charge on any atom is -0.493 e. The van der Waals surface area contributed by atoms with Crippen LogP contribution in [0.25, 0.3) is 0 Å². The molecular weight excluding hydrogens is 408 g/mol. The first kappa shape index (κ1) is 21.4. The summed E-state index contributed by atoms with van der Waals surface area (Å²) < 4.78 is 41.3. The number of methoxy groups -OCH3 is 1. The third kappa shape index (κ3) is 4.58. The number of aliphatic hydroxyl groups is 1. The smallest absolute Gasteiger partial charge is 0.387 e. The molecule has 0 aromatic heterocycles. The number of halogens is 2. The molecule has 1 N–H and O–H groups in total. The Bertz CT molecular complexity index is 924. The second-order valence-electron chi connectivity index (χ2n) is 7.95. The van der Waals surface area contributed by atoms with Gasteiger partial charge in [0.1, 0.15) is 11.9 Å². The van der Waals surface area contributed by atoms with Gasteiger partial charge in [-0.1, -0.05) is 24.3 Å². The fourth-order valence-corrected chi connectivity index (χ4v) is 4.57. The van der Waals surface area contributed by atoms with Gasteiger partial charge in [-0.05, 0) is 48.9 Å². The lowest BCUT2D eigenvalue weighted by Gasteiger charge is -2.35. The second-order valence-corrected chi connectivity index (χ2v) is 7.95. The van der Waals surface area contributed by atoms with Gasteiger partial charge in [-0.25, -0.2) is 0 Å². The summed E-state index contributed by atoms with van der Waals surface area (Å²) in [5, 5.41) is 10.7. The van der Waals surface area contributed by atoms with Crippen molar-refractivity contribution >= 4 is 5.91 Å². The first-order chi connectivity index (χ1) is 15.0. The zero-order chi connectivity index (χ0) is 22.0. The molecule has 1 amide bonds. The monoisotopic (exact) mass is 433 g/mol. The van der Waals surface area contributed by atoms with Crippen molar-refractivity contribution in [1.29, 1.82) is 0 Å². The number of amides is 1. The van der Waals surface area contributed by atoms with Gasteiger partial charge in [-0.2, -0.15) is 8.78 Å². The highest BCUT2D eigenvalue weighted by Gasteiger charge is 2.44. The van der Waals surface area contributed by atoms with Gasteiger partial charge < -0.3 is 24.2 Å². The highest BCUT2D eigenvalue weighted by Crippen LogP contribution is 2.40. The van der Waals surface area contributed by atoms with Crippen molar-refractivity contribution in [3.63, 3.8) is 0 Å². The molecule has 0 radical (unpaired) electrons. The predicted octanol–water partition coefficient (Wildman–Crippen LogP) is 3.59. The van der Waals surface area contributed by atoms with Gasteiger partial charge in [0.2, 0.25) is 0 Å². The average Bonchev–Trinajstić information content (AvgIpc) is 3.16. The van der Waals surface area contributed by atoms with Gasteiger partial charge in [0.05, 0.1) is 18.8 Å². The van der Waals surface area contributed by atoms with Crippen molar-refractivity contribution in [3.05, 3.63) is 54.1 Å². The number of benzene rings is 2. The van der Waals surface area contributed by atoms with Gasteiger partial charge >= 0.3 is 6.61 Å². The quantitative estimate of drug-likeness (QED) is 0.754. The third-order valence-corrected chi connectivity index (χ3v) is 6.05. The number of ether oxygens (including phenoxy) is 3. The van der Waals surface area contributed by atoms with Crippen LogP contribution in [-0.2, 0) is 0 Å². The van der Waals surface area contributed by atoms with Gasteiger partial charge in [0, 0.05) is 13.1 Å². The zero-order valence-electron chi connectivity index (χ0n) is 17.1. The largest absolute Gasteiger partial charge is 0.493 e. The highest BCUT2D eigenvalue weighted by molar-refractivity contribution is 5.97. The summed E-state index contributed by atoms with van der Waals surface area (Å²) in [4.78, 5) is 14.7. The Kier molecular flexibility index (Phi) is 6.27. The molecule has 2 aliphatic rings. The maximum atomic E-state index is 13.0. The first-order valence-electron chi connectivity index (χ1n) is 10.3. The van der Waals surface area contributed by atoms with Crippen molar-refractivity contribution in [2.75, 3.05) is 20.2 Å². The number of rotatable bonds is 6. The summed E-state index contributed by atoms with van der Waals surface area (Å²) >= 11 is 0. The van der Waals surface area contributed by atoms with Crippen molar-refractivity contribution in [1.82, 2.24) is 4.90 Å². The van der Waals surface area contributed by atoms with E-state index in [4.69, 9.17) is 9.47 Å². The molecule has 2 aromatic carbocycles. The fraction of sp³-hybridized carbons (Fsp3) is 0.435. The maximum Gasteiger partial charge on any atom is 0.387 e. The molecule has 6 nitrogen and oxygen atoms in total. The molecule has 0 spiro atoms. The number of carbonyl (C=O) groups excluding carboxylic acids is 1. The standard InChI is InChI=1S/C23H25F2NO5/c1-29-19-8-4-5-9-20(19)30-21-11-15-13-26(12-14(15)10-17(21)27)22(28)16-6-2-3-7-18(16)31-23(24)25/h2-9,14-15,17,21,23,27H,10-13H2,1H3/t14-,15+,17+,21+/m0/s1. The van der Waals surface area contributed by atoms with Crippen LogP contribution in [0.2, 0.25) is 0 Å². The van der Waals surface area contributed by atoms with E-state index in [1.807, 2.05) is 12.1 Å². The second kappa shape index (κ2) is 9.09. The molecule has 4 atom stereocenters. The molecule has 8 heteroatoms. The number of carbonyl (C=O) groups is 1. The van der Waals surface area contributed by atoms with Gasteiger partial charge in [0.15, 0.2) is 11.5 Å². The van der Waals surface area contributed by atoms with Crippen molar-refractivity contribution in [2.24, 2.45) is 11.8 Å². The molecule has 1 aliphatic carbocycles. The highest BCUT2D eigenvalue weighted by atomic mass is 19.3. The van der Waals surface area contributed by atoms with Crippen LogP contribution >= 0.6 is 0 Å². The average molecular weight is 433 g/mol. The lowest BCUT2D eigenvalue weighted by molar-refractivity contribution is -0.0502. The molecule has 0 bridgehead atoms. The van der Waals surface area contributed by atoms with E-state index in [0.717, 1.165) is 0 Å². The Balaban J connectivity index is 1.45. The summed E-state index contributed by atoms with van der Waals surface area (Å²) in [6, 6.07) is 13.3. The summed E-state index contributed by atoms with van der Waals surface area (Å²) in [6.45, 7) is -2.06. The molecule has 2 fully saturated rings. The van der Waals surface area contributed by atoms with E-state index in [-0.39, 0.29) is 29.1 Å². The van der Waals surface area contributed by atoms with Crippen LogP contribution in [0.1, 0.15) is 23.2 Å². The van der Waals surface area contributed by atoms with E-state index < -0.39 is 18.8 Å². The number of nitrogens with zero attached hydrogens (tertiary/aromatic N) is 1. The van der Waals surface area contributed by atoms with E-state index >= 15 is 0 Å². The van der Waals surface area contributed by atoms with Gasteiger partial charge in [-0.3, -0.25) is 4.79 Å². The number of fused-ring (bicyclic) bond motifs is 1. The molecule has 0 unspecified atom stereocenters. The van der Waals surface area contributed by atoms with Crippen LogP contribution in [0.3, 0.4) is 0 Å². The van der Waals surface area contributed by atoms with Gasteiger partial charge in [-0.15, -0.1) is 0 Å². The number of likely N-dealkylation sites (tertiary alicyclic amines) is 1. The van der Waals surface area contributed by atoms with Crippen molar-refractivity contribution in [3.8, 4) is 17.2 Å². The molecule has 2 aromatic rings. The zero-order valence-corrected chi connectivity index (χ0v) is 17.1. The van der Waals surface area contributed by atoms with E-state index in [1.165, 1.54) is 12.1 Å². The Hall–Kier alpha value is -2.87. The minimum absolute atomic E-state index is 0.115. The number of para-hydroxylation sites is 3. The van der Waals surface area contributed by atoms with E-state index in [2.05, 4.69) is 4.74 Å². The Morgan fingerprint density at radius 1 is 1.00 bits per heavy atom. The van der Waals surface area contributed by atoms with E-state index in [1.54, 1.807) is 36.3 Å². The van der Waals surface area contributed by atoms with Crippen LogP contribution < -0.4 is 14.2 Å². The van der Waals surface area contributed by atoms with Crippen LogP contribution in [0.15, 0.2) is 48.5 Å². The van der Waals surface area contributed by atoms with Crippen molar-refractivity contribution < 1.29 is 32.9 Å². The molecule has 1 saturated heterocycles. The number of hydrogen-bond acceptors (Lipinski definition) is 5. The molecule has 1 aliphatic heterocycles. The lowest BCUT2D eigenvalue weighted by Crippen LogP contribution is -2.42. The maximum absolute atomic E-state index is 13.0. The SMILES string of the molecule is COc1ccccc1O[C@@H]1C[C@@H]2CN(C(=O)c3ccccc3OC(F)F)C[C@@H]2C[C@H]1O. The minimum atomic E-state index is -3.00.